The van der Waals surface area contributed by atoms with Gasteiger partial charge < -0.3 is 10.2 Å². The number of hydrogen-bond acceptors (Lipinski definition) is 3. The van der Waals surface area contributed by atoms with Crippen molar-refractivity contribution in [1.29, 1.82) is 0 Å². The van der Waals surface area contributed by atoms with E-state index in [0.717, 1.165) is 32.1 Å². The van der Waals surface area contributed by atoms with Gasteiger partial charge in [0, 0.05) is 5.41 Å². The Labute approximate surface area is 199 Å². The number of allylic oxidation sites excluding steroid dienone is 4. The van der Waals surface area contributed by atoms with Crippen molar-refractivity contribution >= 4 is 5.78 Å². The van der Waals surface area contributed by atoms with Crippen LogP contribution in [0.2, 0.25) is 0 Å². The standard InChI is InChI=1S/C29H45FO3/c1-7-19(16(2)3)27(33)26(32)17(4)21-8-9-22-20-15-25(30)24-14-18(31)10-12-29(24,6)23(20)11-13-28(21,22)5/h10,12,14,16-17,19-23,25-27,32-33H,7-9,11,13,15H2,1-6H3/t17-,19-,20?,21+,22?,23?,25-,26-,27-,28+,29+/m0/s1. The number of ketones is 1. The second-order valence-corrected chi connectivity index (χ2v) is 12.6. The van der Waals surface area contributed by atoms with E-state index in [0.29, 0.717) is 41.6 Å². The average Bonchev–Trinajstić information content (AvgIpc) is 3.11. The maximum absolute atomic E-state index is 15.5. The normalized spacial score (nSPS) is 43.9. The number of fused-ring (bicyclic) bond motifs is 5. The molecular formula is C29H45FO3. The van der Waals surface area contributed by atoms with Gasteiger partial charge in [0.05, 0.1) is 12.2 Å². The van der Waals surface area contributed by atoms with Gasteiger partial charge in [-0.25, -0.2) is 4.39 Å². The third-order valence-electron chi connectivity index (χ3n) is 10.9. The first kappa shape index (κ1) is 25.1. The Hall–Kier alpha value is -1.00. The monoisotopic (exact) mass is 460 g/mol. The van der Waals surface area contributed by atoms with Gasteiger partial charge in [0.1, 0.15) is 6.17 Å². The molecule has 0 aromatic heterocycles. The van der Waals surface area contributed by atoms with Crippen LogP contribution in [0.15, 0.2) is 23.8 Å². The van der Waals surface area contributed by atoms with Crippen molar-refractivity contribution < 1.29 is 19.4 Å². The highest BCUT2D eigenvalue weighted by molar-refractivity contribution is 6.01. The van der Waals surface area contributed by atoms with Crippen molar-refractivity contribution in [3.8, 4) is 0 Å². The van der Waals surface area contributed by atoms with Crippen LogP contribution in [0.1, 0.15) is 80.1 Å². The molecule has 0 heterocycles. The highest BCUT2D eigenvalue weighted by Crippen LogP contribution is 2.67. The SMILES string of the molecule is CC[C@@H](C(C)C)[C@H](O)[C@@H](O)[C@@H](C)[C@H]1CCC2C3C[C@H](F)C4=CC(=O)C=C[C@]4(C)C3CC[C@@]21C. The molecule has 0 aromatic rings. The topological polar surface area (TPSA) is 57.5 Å². The molecule has 0 amide bonds. The van der Waals surface area contributed by atoms with Gasteiger partial charge >= 0.3 is 0 Å². The maximum Gasteiger partial charge on any atom is 0.178 e. The molecule has 186 valence electrons. The molecule has 4 aliphatic rings. The van der Waals surface area contributed by atoms with E-state index in [-0.39, 0.29) is 28.4 Å². The molecular weight excluding hydrogens is 415 g/mol. The number of hydrogen-bond donors (Lipinski definition) is 2. The molecule has 4 aliphatic carbocycles. The molecule has 3 saturated carbocycles. The van der Waals surface area contributed by atoms with E-state index in [9.17, 15) is 15.0 Å². The number of aliphatic hydroxyl groups excluding tert-OH is 2. The summed E-state index contributed by atoms with van der Waals surface area (Å²) in [7, 11) is 0. The van der Waals surface area contributed by atoms with E-state index in [1.165, 1.54) is 0 Å². The number of alkyl halides is 1. The van der Waals surface area contributed by atoms with E-state index in [1.807, 2.05) is 6.08 Å². The van der Waals surface area contributed by atoms with Crippen LogP contribution in [0.4, 0.5) is 4.39 Å². The Morgan fingerprint density at radius 2 is 1.79 bits per heavy atom. The maximum atomic E-state index is 15.5. The molecule has 0 aliphatic heterocycles. The number of carbonyl (C=O) groups excluding carboxylic acids is 1. The van der Waals surface area contributed by atoms with Gasteiger partial charge in [0.2, 0.25) is 0 Å². The lowest BCUT2D eigenvalue weighted by molar-refractivity contribution is -0.112. The summed E-state index contributed by atoms with van der Waals surface area (Å²) in [6.07, 6.45) is 8.30. The second-order valence-electron chi connectivity index (χ2n) is 12.6. The lowest BCUT2D eigenvalue weighted by Crippen LogP contribution is -2.53. The molecule has 0 saturated heterocycles. The summed E-state index contributed by atoms with van der Waals surface area (Å²) in [5.41, 5.74) is 0.398. The Morgan fingerprint density at radius 3 is 2.42 bits per heavy atom. The zero-order valence-corrected chi connectivity index (χ0v) is 21.4. The summed E-state index contributed by atoms with van der Waals surface area (Å²) in [6.45, 7) is 13.0. The summed E-state index contributed by atoms with van der Waals surface area (Å²) in [6, 6.07) is 0. The second kappa shape index (κ2) is 8.90. The molecule has 3 fully saturated rings. The van der Waals surface area contributed by atoms with Crippen LogP contribution in [-0.2, 0) is 4.79 Å². The Balaban J connectivity index is 1.57. The van der Waals surface area contributed by atoms with Crippen LogP contribution in [0.5, 0.6) is 0 Å². The van der Waals surface area contributed by atoms with E-state index in [2.05, 4.69) is 41.5 Å². The van der Waals surface area contributed by atoms with Crippen LogP contribution < -0.4 is 0 Å². The van der Waals surface area contributed by atoms with Gasteiger partial charge in [-0.3, -0.25) is 4.79 Å². The Kier molecular flexibility index (Phi) is 6.77. The zero-order chi connectivity index (χ0) is 24.3. The average molecular weight is 461 g/mol. The molecule has 0 bridgehead atoms. The minimum atomic E-state index is -1.05. The van der Waals surface area contributed by atoms with Crippen LogP contribution in [0.25, 0.3) is 0 Å². The van der Waals surface area contributed by atoms with E-state index < -0.39 is 18.4 Å². The van der Waals surface area contributed by atoms with Crippen molar-refractivity contribution in [1.82, 2.24) is 0 Å². The predicted molar refractivity (Wildman–Crippen MR) is 130 cm³/mol. The number of carbonyl (C=O) groups is 1. The smallest absolute Gasteiger partial charge is 0.178 e. The molecule has 3 nitrogen and oxygen atoms in total. The van der Waals surface area contributed by atoms with Crippen molar-refractivity contribution in [2.24, 2.45) is 52.3 Å². The summed E-state index contributed by atoms with van der Waals surface area (Å²) in [5, 5.41) is 22.3. The van der Waals surface area contributed by atoms with Gasteiger partial charge in [-0.2, -0.15) is 0 Å². The van der Waals surface area contributed by atoms with Crippen molar-refractivity contribution in [3.63, 3.8) is 0 Å². The van der Waals surface area contributed by atoms with E-state index >= 15 is 4.39 Å². The first-order valence-corrected chi connectivity index (χ1v) is 13.4. The van der Waals surface area contributed by atoms with Crippen molar-refractivity contribution in [3.05, 3.63) is 23.8 Å². The minimum Gasteiger partial charge on any atom is -0.390 e. The molecule has 0 aromatic carbocycles. The lowest BCUT2D eigenvalue weighted by Gasteiger charge is -2.58. The fourth-order valence-electron chi connectivity index (χ4n) is 9.01. The molecule has 2 N–H and O–H groups in total. The minimum absolute atomic E-state index is 0.0161. The van der Waals surface area contributed by atoms with Gasteiger partial charge in [-0.15, -0.1) is 0 Å². The van der Waals surface area contributed by atoms with Crippen molar-refractivity contribution in [2.45, 2.75) is 98.4 Å². The molecule has 4 rings (SSSR count). The third-order valence-corrected chi connectivity index (χ3v) is 10.9. The zero-order valence-electron chi connectivity index (χ0n) is 21.4. The molecule has 11 atom stereocenters. The molecule has 4 heteroatoms. The summed E-state index contributed by atoms with van der Waals surface area (Å²) in [4.78, 5) is 12.0. The fourth-order valence-corrected chi connectivity index (χ4v) is 9.01. The van der Waals surface area contributed by atoms with Gasteiger partial charge in [0.15, 0.2) is 5.78 Å². The van der Waals surface area contributed by atoms with Crippen LogP contribution in [-0.4, -0.2) is 34.4 Å². The van der Waals surface area contributed by atoms with E-state index in [1.54, 1.807) is 12.2 Å². The largest absolute Gasteiger partial charge is 0.390 e. The highest BCUT2D eigenvalue weighted by atomic mass is 19.1. The molecule has 33 heavy (non-hydrogen) atoms. The van der Waals surface area contributed by atoms with Crippen LogP contribution in [0, 0.1) is 52.3 Å². The van der Waals surface area contributed by atoms with Crippen molar-refractivity contribution in [2.75, 3.05) is 0 Å². The predicted octanol–water partition coefficient (Wildman–Crippen LogP) is 5.90. The first-order valence-electron chi connectivity index (χ1n) is 13.4. The third kappa shape index (κ3) is 3.88. The van der Waals surface area contributed by atoms with Gasteiger partial charge in [0.25, 0.3) is 0 Å². The van der Waals surface area contributed by atoms with Gasteiger partial charge in [-0.1, -0.05) is 54.0 Å². The van der Waals surface area contributed by atoms with Crippen LogP contribution >= 0.6 is 0 Å². The highest BCUT2D eigenvalue weighted by Gasteiger charge is 2.61. The summed E-state index contributed by atoms with van der Waals surface area (Å²) in [5.74, 6) is 1.80. The van der Waals surface area contributed by atoms with Gasteiger partial charge in [-0.05, 0) is 96.7 Å². The number of rotatable bonds is 6. The van der Waals surface area contributed by atoms with E-state index in [4.69, 9.17) is 0 Å². The number of halogens is 1. The van der Waals surface area contributed by atoms with Crippen LogP contribution in [0.3, 0.4) is 0 Å². The molecule has 3 unspecified atom stereocenters. The summed E-state index contributed by atoms with van der Waals surface area (Å²) < 4.78 is 15.5. The quantitative estimate of drug-likeness (QED) is 0.519. The Bertz CT molecular complexity index is 818. The Morgan fingerprint density at radius 1 is 1.09 bits per heavy atom. The fraction of sp³-hybridized carbons (Fsp3) is 0.828. The number of aliphatic hydroxyl groups is 2. The summed E-state index contributed by atoms with van der Waals surface area (Å²) >= 11 is 0. The first-order chi connectivity index (χ1) is 15.5. The lowest BCUT2D eigenvalue weighted by atomic mass is 9.47. The molecule has 0 radical (unpaired) electrons. The molecule has 0 spiro atoms.